The molecule has 0 aromatic heterocycles. The first kappa shape index (κ1) is 11.4. The van der Waals surface area contributed by atoms with Crippen LogP contribution in [0.15, 0.2) is 0 Å². The van der Waals surface area contributed by atoms with Crippen molar-refractivity contribution in [3.63, 3.8) is 0 Å². The zero-order valence-corrected chi connectivity index (χ0v) is 7.92. The summed E-state index contributed by atoms with van der Waals surface area (Å²) >= 11 is 0. The zero-order chi connectivity index (χ0) is 9.45. The van der Waals surface area contributed by atoms with Crippen molar-refractivity contribution >= 4 is 6.47 Å². The Morgan fingerprint density at radius 2 is 2.17 bits per heavy atom. The average molecular weight is 175 g/mol. The molecule has 0 bridgehead atoms. The summed E-state index contributed by atoms with van der Waals surface area (Å²) in [5.74, 6) is 0. The maximum Gasteiger partial charge on any atom is 0.293 e. The second kappa shape index (κ2) is 5.97. The SMILES string of the molecule is C1COCN1.CC(C)(C)OC=O. The molecule has 1 fully saturated rings. The standard InChI is InChI=1S/C5H10O2.C3H7NO/c1-5(2,3)7-4-6;1-2-5-3-4-1/h4H,1-3H3;4H,1-3H2. The zero-order valence-electron chi connectivity index (χ0n) is 7.92. The minimum absolute atomic E-state index is 0.318. The Kier molecular flexibility index (Phi) is 5.66. The molecule has 1 heterocycles. The fourth-order valence-electron chi connectivity index (χ4n) is 0.505. The van der Waals surface area contributed by atoms with Gasteiger partial charge in [0.2, 0.25) is 0 Å². The van der Waals surface area contributed by atoms with Crippen LogP contribution in [-0.2, 0) is 14.3 Å². The van der Waals surface area contributed by atoms with Crippen LogP contribution in [0.4, 0.5) is 0 Å². The molecule has 0 saturated carbocycles. The van der Waals surface area contributed by atoms with E-state index in [4.69, 9.17) is 4.74 Å². The molecule has 0 atom stereocenters. The molecule has 0 amide bonds. The van der Waals surface area contributed by atoms with Crippen LogP contribution in [0, 0.1) is 0 Å². The van der Waals surface area contributed by atoms with E-state index in [1.807, 2.05) is 20.8 Å². The number of ether oxygens (including phenoxy) is 2. The predicted molar refractivity (Wildman–Crippen MR) is 45.7 cm³/mol. The summed E-state index contributed by atoms with van der Waals surface area (Å²) in [6.07, 6.45) is 0. The van der Waals surface area contributed by atoms with Gasteiger partial charge in [-0.1, -0.05) is 0 Å². The summed E-state index contributed by atoms with van der Waals surface area (Å²) in [5, 5.41) is 3.00. The Hall–Kier alpha value is -0.610. The molecule has 4 heteroatoms. The topological polar surface area (TPSA) is 47.6 Å². The van der Waals surface area contributed by atoms with Gasteiger partial charge in [-0.25, -0.2) is 0 Å². The molecule has 72 valence electrons. The van der Waals surface area contributed by atoms with Gasteiger partial charge < -0.3 is 9.47 Å². The molecule has 1 aliphatic rings. The molecule has 0 aromatic carbocycles. The number of carbonyl (C=O) groups excluding carboxylic acids is 1. The third-order valence-electron chi connectivity index (χ3n) is 1.03. The van der Waals surface area contributed by atoms with Gasteiger partial charge in [-0.15, -0.1) is 0 Å². The molecule has 0 aliphatic carbocycles. The van der Waals surface area contributed by atoms with Gasteiger partial charge >= 0.3 is 0 Å². The van der Waals surface area contributed by atoms with Crippen molar-refractivity contribution in [3.8, 4) is 0 Å². The molecule has 1 saturated heterocycles. The van der Waals surface area contributed by atoms with E-state index in [-0.39, 0.29) is 5.60 Å². The van der Waals surface area contributed by atoms with Crippen LogP contribution in [0.1, 0.15) is 20.8 Å². The number of hydrogen-bond acceptors (Lipinski definition) is 4. The van der Waals surface area contributed by atoms with E-state index in [1.165, 1.54) is 0 Å². The lowest BCUT2D eigenvalue weighted by molar-refractivity contribution is -0.138. The lowest BCUT2D eigenvalue weighted by Crippen LogP contribution is -2.17. The van der Waals surface area contributed by atoms with E-state index in [0.717, 1.165) is 19.9 Å². The molecule has 4 nitrogen and oxygen atoms in total. The monoisotopic (exact) mass is 175 g/mol. The average Bonchev–Trinajstić information content (AvgIpc) is 2.38. The third kappa shape index (κ3) is 9.39. The van der Waals surface area contributed by atoms with Crippen molar-refractivity contribution in [2.45, 2.75) is 26.4 Å². The molecule has 1 N–H and O–H groups in total. The molecular formula is C8H17NO3. The van der Waals surface area contributed by atoms with Gasteiger partial charge in [-0.3, -0.25) is 10.1 Å². The maximum atomic E-state index is 9.60. The van der Waals surface area contributed by atoms with Crippen LogP contribution in [0.2, 0.25) is 0 Å². The molecule has 0 radical (unpaired) electrons. The van der Waals surface area contributed by atoms with Crippen LogP contribution in [0.25, 0.3) is 0 Å². The summed E-state index contributed by atoms with van der Waals surface area (Å²) in [4.78, 5) is 9.60. The first-order valence-electron chi connectivity index (χ1n) is 3.96. The molecular weight excluding hydrogens is 158 g/mol. The summed E-state index contributed by atoms with van der Waals surface area (Å²) in [6.45, 7) is 8.59. The third-order valence-corrected chi connectivity index (χ3v) is 1.03. The Morgan fingerprint density at radius 1 is 1.50 bits per heavy atom. The Bertz CT molecular complexity index is 108. The molecule has 0 aromatic rings. The number of rotatable bonds is 1. The fraction of sp³-hybridized carbons (Fsp3) is 0.875. The van der Waals surface area contributed by atoms with Crippen LogP contribution in [0.3, 0.4) is 0 Å². The van der Waals surface area contributed by atoms with E-state index in [2.05, 4.69) is 10.1 Å². The van der Waals surface area contributed by atoms with Crippen LogP contribution in [0.5, 0.6) is 0 Å². The summed E-state index contributed by atoms with van der Waals surface area (Å²) in [6, 6.07) is 0. The van der Waals surface area contributed by atoms with Gasteiger partial charge in [0.05, 0.1) is 13.3 Å². The lowest BCUT2D eigenvalue weighted by Gasteiger charge is -2.14. The van der Waals surface area contributed by atoms with E-state index in [0.29, 0.717) is 6.47 Å². The van der Waals surface area contributed by atoms with Crippen molar-refractivity contribution < 1.29 is 14.3 Å². The minimum atomic E-state index is -0.318. The molecule has 1 aliphatic heterocycles. The fourth-order valence-corrected chi connectivity index (χ4v) is 0.505. The molecule has 0 spiro atoms. The van der Waals surface area contributed by atoms with Crippen molar-refractivity contribution in [1.82, 2.24) is 5.32 Å². The quantitative estimate of drug-likeness (QED) is 0.590. The van der Waals surface area contributed by atoms with Crippen LogP contribution >= 0.6 is 0 Å². The molecule has 1 rings (SSSR count). The molecule has 12 heavy (non-hydrogen) atoms. The highest BCUT2D eigenvalue weighted by Crippen LogP contribution is 2.02. The molecule has 0 unspecified atom stereocenters. The van der Waals surface area contributed by atoms with Gasteiger partial charge in [0, 0.05) is 6.54 Å². The summed E-state index contributed by atoms with van der Waals surface area (Å²) < 4.78 is 9.38. The number of nitrogens with one attached hydrogen (secondary N) is 1. The van der Waals surface area contributed by atoms with E-state index < -0.39 is 0 Å². The Balaban J connectivity index is 0.000000211. The lowest BCUT2D eigenvalue weighted by atomic mass is 10.2. The van der Waals surface area contributed by atoms with E-state index in [9.17, 15) is 4.79 Å². The van der Waals surface area contributed by atoms with Gasteiger partial charge in [0.15, 0.2) is 0 Å². The second-order valence-corrected chi connectivity index (χ2v) is 3.38. The first-order valence-corrected chi connectivity index (χ1v) is 3.96. The van der Waals surface area contributed by atoms with Crippen molar-refractivity contribution in [2.75, 3.05) is 19.9 Å². The summed E-state index contributed by atoms with van der Waals surface area (Å²) in [5.41, 5.74) is -0.318. The van der Waals surface area contributed by atoms with Crippen molar-refractivity contribution in [3.05, 3.63) is 0 Å². The predicted octanol–water partition coefficient (Wildman–Crippen LogP) is 0.522. The minimum Gasteiger partial charge on any atom is -0.462 e. The van der Waals surface area contributed by atoms with Gasteiger partial charge in [0.25, 0.3) is 6.47 Å². The highest BCUT2D eigenvalue weighted by molar-refractivity contribution is 5.37. The smallest absolute Gasteiger partial charge is 0.293 e. The van der Waals surface area contributed by atoms with Crippen LogP contribution < -0.4 is 5.32 Å². The van der Waals surface area contributed by atoms with Crippen molar-refractivity contribution in [2.24, 2.45) is 0 Å². The van der Waals surface area contributed by atoms with Crippen LogP contribution in [-0.4, -0.2) is 32.0 Å². The van der Waals surface area contributed by atoms with Gasteiger partial charge in [-0.2, -0.15) is 0 Å². The highest BCUT2D eigenvalue weighted by atomic mass is 16.5. The maximum absolute atomic E-state index is 9.60. The normalized spacial score (nSPS) is 16.2. The Labute approximate surface area is 73.2 Å². The first-order chi connectivity index (χ1) is 5.56. The van der Waals surface area contributed by atoms with Gasteiger partial charge in [-0.05, 0) is 20.8 Å². The summed E-state index contributed by atoms with van der Waals surface area (Å²) in [7, 11) is 0. The largest absolute Gasteiger partial charge is 0.462 e. The second-order valence-electron chi connectivity index (χ2n) is 3.38. The highest BCUT2D eigenvalue weighted by Gasteiger charge is 2.07. The van der Waals surface area contributed by atoms with Gasteiger partial charge in [0.1, 0.15) is 5.60 Å². The Morgan fingerprint density at radius 3 is 2.25 bits per heavy atom. The number of carbonyl (C=O) groups is 1. The van der Waals surface area contributed by atoms with E-state index >= 15 is 0 Å². The van der Waals surface area contributed by atoms with E-state index in [1.54, 1.807) is 0 Å². The number of hydrogen-bond donors (Lipinski definition) is 1. The van der Waals surface area contributed by atoms with Crippen molar-refractivity contribution in [1.29, 1.82) is 0 Å².